The van der Waals surface area contributed by atoms with Crippen LogP contribution in [-0.4, -0.2) is 16.9 Å². The topological polar surface area (TPSA) is 51.2 Å². The fraction of sp³-hybridized carbons (Fsp3) is 0.200. The fourth-order valence-electron chi connectivity index (χ4n) is 2.55. The van der Waals surface area contributed by atoms with Crippen LogP contribution in [-0.2, 0) is 6.61 Å². The number of amides is 1. The van der Waals surface area contributed by atoms with Crippen molar-refractivity contribution in [1.82, 2.24) is 10.3 Å². The number of para-hydroxylation sites is 1. The third-order valence-corrected chi connectivity index (χ3v) is 5.04. The van der Waals surface area contributed by atoms with Gasteiger partial charge in [0.1, 0.15) is 34.7 Å². The van der Waals surface area contributed by atoms with Crippen LogP contribution in [0.2, 0.25) is 0 Å². The monoisotopic (exact) mass is 386 g/mol. The van der Waals surface area contributed by atoms with Crippen LogP contribution in [0.1, 0.15) is 28.9 Å². The molecule has 0 bridgehead atoms. The van der Waals surface area contributed by atoms with Crippen LogP contribution in [0.5, 0.6) is 5.75 Å². The Morgan fingerprint density at radius 3 is 2.81 bits per heavy atom. The molecule has 1 amide bonds. The van der Waals surface area contributed by atoms with Gasteiger partial charge < -0.3 is 10.1 Å². The van der Waals surface area contributed by atoms with Crippen molar-refractivity contribution in [2.24, 2.45) is 0 Å². The van der Waals surface area contributed by atoms with Gasteiger partial charge in [0.15, 0.2) is 0 Å². The first-order valence-corrected chi connectivity index (χ1v) is 9.40. The molecule has 0 aliphatic heterocycles. The second kappa shape index (κ2) is 7.44. The van der Waals surface area contributed by atoms with Gasteiger partial charge in [-0.15, -0.1) is 11.3 Å². The summed E-state index contributed by atoms with van der Waals surface area (Å²) in [6, 6.07) is 10.9. The molecule has 0 unspecified atom stereocenters. The molecule has 0 spiro atoms. The highest BCUT2D eigenvalue weighted by Gasteiger charge is 2.25. The number of benzene rings is 2. The van der Waals surface area contributed by atoms with Crippen molar-refractivity contribution in [2.45, 2.75) is 25.5 Å². The molecule has 0 atom stereocenters. The van der Waals surface area contributed by atoms with Crippen LogP contribution in [0.4, 0.5) is 8.78 Å². The molecule has 1 saturated carbocycles. The molecule has 4 nitrogen and oxygen atoms in total. The summed E-state index contributed by atoms with van der Waals surface area (Å²) in [7, 11) is 0. The number of nitrogens with zero attached hydrogens (tertiary/aromatic N) is 1. The van der Waals surface area contributed by atoms with Crippen molar-refractivity contribution in [1.29, 1.82) is 0 Å². The second-order valence-corrected chi connectivity index (χ2v) is 7.16. The third-order valence-electron chi connectivity index (χ3n) is 4.17. The summed E-state index contributed by atoms with van der Waals surface area (Å²) in [6.07, 6.45) is 2.03. The van der Waals surface area contributed by atoms with Gasteiger partial charge >= 0.3 is 0 Å². The lowest BCUT2D eigenvalue weighted by atomic mass is 10.2. The van der Waals surface area contributed by atoms with Crippen molar-refractivity contribution in [3.05, 3.63) is 70.7 Å². The summed E-state index contributed by atoms with van der Waals surface area (Å²) in [6.45, 7) is -0.0382. The predicted octanol–water partition coefficient (Wildman–Crippen LogP) is 4.56. The number of thiazole rings is 1. The van der Waals surface area contributed by atoms with E-state index in [1.54, 1.807) is 17.5 Å². The average molecular weight is 386 g/mol. The van der Waals surface area contributed by atoms with Crippen molar-refractivity contribution < 1.29 is 18.3 Å². The molecule has 138 valence electrons. The maximum atomic E-state index is 13.8. The normalized spacial score (nSPS) is 13.4. The largest absolute Gasteiger partial charge is 0.488 e. The summed E-state index contributed by atoms with van der Waals surface area (Å²) >= 11 is 1.34. The minimum atomic E-state index is -0.652. The van der Waals surface area contributed by atoms with Crippen LogP contribution < -0.4 is 10.1 Å². The van der Waals surface area contributed by atoms with E-state index in [1.165, 1.54) is 23.5 Å². The van der Waals surface area contributed by atoms with Crippen molar-refractivity contribution in [2.75, 3.05) is 0 Å². The zero-order valence-electron chi connectivity index (χ0n) is 14.2. The summed E-state index contributed by atoms with van der Waals surface area (Å²) in [5, 5.41) is 5.26. The lowest BCUT2D eigenvalue weighted by molar-refractivity contribution is 0.0947. The Bertz CT molecular complexity index is 986. The van der Waals surface area contributed by atoms with E-state index in [-0.39, 0.29) is 24.1 Å². The van der Waals surface area contributed by atoms with E-state index >= 15 is 0 Å². The molecule has 1 aliphatic rings. The van der Waals surface area contributed by atoms with Crippen LogP contribution in [0.15, 0.2) is 47.8 Å². The van der Waals surface area contributed by atoms with Gasteiger partial charge in [-0.05, 0) is 37.1 Å². The molecule has 0 saturated heterocycles. The molecule has 1 heterocycles. The molecule has 7 heteroatoms. The first kappa shape index (κ1) is 17.6. The fourth-order valence-corrected chi connectivity index (χ4v) is 3.38. The van der Waals surface area contributed by atoms with Gasteiger partial charge in [-0.1, -0.05) is 12.1 Å². The standard InChI is InChI=1S/C20H16F2N2O2S/c21-13-6-5-12(16(22)9-13)10-26-18-4-2-1-3-15(18)20-24-17(11-27-20)19(25)23-14-7-8-14/h1-6,9,11,14H,7-8,10H2,(H,23,25). The van der Waals surface area contributed by atoms with E-state index in [0.717, 1.165) is 24.5 Å². The van der Waals surface area contributed by atoms with Gasteiger partial charge in [0.25, 0.3) is 5.91 Å². The quantitative estimate of drug-likeness (QED) is 0.676. The number of halogens is 2. The third kappa shape index (κ3) is 4.14. The van der Waals surface area contributed by atoms with E-state index in [9.17, 15) is 13.6 Å². The van der Waals surface area contributed by atoms with Gasteiger partial charge in [0, 0.05) is 23.1 Å². The summed E-state index contributed by atoms with van der Waals surface area (Å²) in [4.78, 5) is 16.5. The van der Waals surface area contributed by atoms with Crippen molar-refractivity contribution in [3.63, 3.8) is 0 Å². The summed E-state index contributed by atoms with van der Waals surface area (Å²) < 4.78 is 32.6. The number of hydrogen-bond acceptors (Lipinski definition) is 4. The zero-order valence-corrected chi connectivity index (χ0v) is 15.1. The molecular formula is C20H16F2N2O2S. The number of carbonyl (C=O) groups excluding carboxylic acids is 1. The number of carbonyl (C=O) groups is 1. The van der Waals surface area contributed by atoms with Gasteiger partial charge in [0.05, 0.1) is 5.56 Å². The highest BCUT2D eigenvalue weighted by molar-refractivity contribution is 7.13. The lowest BCUT2D eigenvalue weighted by Gasteiger charge is -2.10. The first-order chi connectivity index (χ1) is 13.1. The maximum absolute atomic E-state index is 13.8. The Kier molecular flexibility index (Phi) is 4.85. The Balaban J connectivity index is 1.52. The molecule has 27 heavy (non-hydrogen) atoms. The Hall–Kier alpha value is -2.80. The van der Waals surface area contributed by atoms with Crippen LogP contribution in [0, 0.1) is 11.6 Å². The van der Waals surface area contributed by atoms with Crippen LogP contribution in [0.25, 0.3) is 10.6 Å². The van der Waals surface area contributed by atoms with Gasteiger partial charge in [-0.3, -0.25) is 4.79 Å². The molecular weight excluding hydrogens is 370 g/mol. The van der Waals surface area contributed by atoms with Gasteiger partial charge in [-0.2, -0.15) is 0 Å². The van der Waals surface area contributed by atoms with Gasteiger partial charge in [-0.25, -0.2) is 13.8 Å². The molecule has 3 aromatic rings. The SMILES string of the molecule is O=C(NC1CC1)c1csc(-c2ccccc2OCc2ccc(F)cc2F)n1. The van der Waals surface area contributed by atoms with Gasteiger partial charge in [0.2, 0.25) is 0 Å². The summed E-state index contributed by atoms with van der Waals surface area (Å²) in [5.41, 5.74) is 1.35. The first-order valence-electron chi connectivity index (χ1n) is 8.52. The maximum Gasteiger partial charge on any atom is 0.270 e. The van der Waals surface area contributed by atoms with E-state index in [4.69, 9.17) is 4.74 Å². The van der Waals surface area contributed by atoms with Crippen LogP contribution in [0.3, 0.4) is 0 Å². The minimum Gasteiger partial charge on any atom is -0.488 e. The average Bonchev–Trinajstić information content (AvgIpc) is 3.33. The van der Waals surface area contributed by atoms with E-state index in [1.807, 2.05) is 12.1 Å². The molecule has 1 aromatic heterocycles. The number of hydrogen-bond donors (Lipinski definition) is 1. The molecule has 4 rings (SSSR count). The zero-order chi connectivity index (χ0) is 18.8. The van der Waals surface area contributed by atoms with Crippen molar-refractivity contribution >= 4 is 17.2 Å². The van der Waals surface area contributed by atoms with E-state index in [2.05, 4.69) is 10.3 Å². The molecule has 0 radical (unpaired) electrons. The number of aromatic nitrogens is 1. The Morgan fingerprint density at radius 2 is 2.04 bits per heavy atom. The number of rotatable bonds is 6. The predicted molar refractivity (Wildman–Crippen MR) is 98.7 cm³/mol. The highest BCUT2D eigenvalue weighted by atomic mass is 32.1. The Morgan fingerprint density at radius 1 is 1.22 bits per heavy atom. The van der Waals surface area contributed by atoms with E-state index < -0.39 is 11.6 Å². The summed E-state index contributed by atoms with van der Waals surface area (Å²) in [5.74, 6) is -0.936. The number of ether oxygens (including phenoxy) is 1. The molecule has 1 N–H and O–H groups in total. The highest BCUT2D eigenvalue weighted by Crippen LogP contribution is 2.33. The molecule has 2 aromatic carbocycles. The van der Waals surface area contributed by atoms with Crippen molar-refractivity contribution in [3.8, 4) is 16.3 Å². The lowest BCUT2D eigenvalue weighted by Crippen LogP contribution is -2.25. The van der Waals surface area contributed by atoms with Crippen LogP contribution >= 0.6 is 11.3 Å². The molecule has 1 aliphatic carbocycles. The minimum absolute atomic E-state index is 0.0382. The second-order valence-electron chi connectivity index (χ2n) is 6.31. The Labute approximate surface area is 158 Å². The number of nitrogens with one attached hydrogen (secondary N) is 1. The van der Waals surface area contributed by atoms with E-state index in [0.29, 0.717) is 16.5 Å². The molecule has 1 fully saturated rings. The smallest absolute Gasteiger partial charge is 0.270 e.